The van der Waals surface area contributed by atoms with Crippen molar-refractivity contribution < 1.29 is 24.1 Å². The summed E-state index contributed by atoms with van der Waals surface area (Å²) in [7, 11) is 0. The summed E-state index contributed by atoms with van der Waals surface area (Å²) in [5.74, 6) is -1.68. The lowest BCUT2D eigenvalue weighted by Crippen LogP contribution is -2.25. The van der Waals surface area contributed by atoms with Crippen LogP contribution < -0.4 is 22.3 Å². The smallest absolute Gasteiger partial charge is 0.332 e. The van der Waals surface area contributed by atoms with Gasteiger partial charge in [-0.2, -0.15) is 10.2 Å². The Morgan fingerprint density at radius 2 is 1.52 bits per heavy atom. The molecule has 0 aromatic heterocycles. The molecule has 0 atom stereocenters. The zero-order chi connectivity index (χ0) is 19.0. The van der Waals surface area contributed by atoms with Crippen LogP contribution in [0.3, 0.4) is 0 Å². The zero-order valence-electron chi connectivity index (χ0n) is 12.3. The standard InChI is InChI=1S/C12H11N7O6/c13-11(22)17-15-4-9(20)6-1-2-7(8(3-6)19(24)25)10(21)5-16-18-12(14)23/h1-5H,(H3,13,17,22)(H3,14,18,23)/b15-4-,16-5+. The summed E-state index contributed by atoms with van der Waals surface area (Å²) in [6, 6.07) is 0.984. The van der Waals surface area contributed by atoms with E-state index in [2.05, 4.69) is 10.2 Å². The predicted octanol–water partition coefficient (Wildman–Crippen LogP) is -0.732. The highest BCUT2D eigenvalue weighted by Gasteiger charge is 2.21. The summed E-state index contributed by atoms with van der Waals surface area (Å²) in [6.07, 6.45) is 1.30. The van der Waals surface area contributed by atoms with Gasteiger partial charge in [0, 0.05) is 11.6 Å². The molecule has 0 aliphatic carbocycles. The monoisotopic (exact) mass is 349 g/mol. The van der Waals surface area contributed by atoms with Crippen LogP contribution in [0.25, 0.3) is 0 Å². The van der Waals surface area contributed by atoms with Gasteiger partial charge in [0.05, 0.1) is 17.4 Å². The molecule has 0 radical (unpaired) electrons. The fourth-order valence-corrected chi connectivity index (χ4v) is 1.50. The maximum Gasteiger partial charge on any atom is 0.332 e. The molecule has 0 heterocycles. The van der Waals surface area contributed by atoms with Gasteiger partial charge in [-0.3, -0.25) is 19.7 Å². The first-order chi connectivity index (χ1) is 11.7. The van der Waals surface area contributed by atoms with Crippen LogP contribution in [0.4, 0.5) is 15.3 Å². The molecule has 0 aliphatic rings. The van der Waals surface area contributed by atoms with Gasteiger partial charge in [0.15, 0.2) is 0 Å². The number of primary amides is 2. The number of hydrogen-bond donors (Lipinski definition) is 4. The SMILES string of the molecule is NC(=O)N/N=C\C(=O)c1ccc(C(=O)/C=N/NC(N)=O)c([N+](=O)[O-])c1. The van der Waals surface area contributed by atoms with Crippen LogP contribution >= 0.6 is 0 Å². The Hall–Kier alpha value is -4.16. The Balaban J connectivity index is 3.09. The van der Waals surface area contributed by atoms with Crippen molar-refractivity contribution in [2.24, 2.45) is 21.7 Å². The fraction of sp³-hybridized carbons (Fsp3) is 0. The second kappa shape index (κ2) is 8.47. The minimum absolute atomic E-state index is 0.162. The number of carbonyl (C=O) groups is 4. The van der Waals surface area contributed by atoms with E-state index in [9.17, 15) is 29.3 Å². The molecule has 0 spiro atoms. The lowest BCUT2D eigenvalue weighted by Gasteiger charge is -2.01. The van der Waals surface area contributed by atoms with E-state index in [4.69, 9.17) is 11.5 Å². The second-order valence-corrected chi connectivity index (χ2v) is 4.19. The Kier molecular flexibility index (Phi) is 6.40. The number of carbonyl (C=O) groups excluding carboxylic acids is 4. The first-order valence-electron chi connectivity index (χ1n) is 6.26. The lowest BCUT2D eigenvalue weighted by molar-refractivity contribution is -0.385. The van der Waals surface area contributed by atoms with Crippen molar-refractivity contribution >= 4 is 41.7 Å². The number of nitrogens with two attached hydrogens (primary N) is 2. The Morgan fingerprint density at radius 3 is 2.00 bits per heavy atom. The van der Waals surface area contributed by atoms with Gasteiger partial charge in [-0.05, 0) is 12.1 Å². The molecule has 0 fully saturated rings. The average molecular weight is 349 g/mol. The van der Waals surface area contributed by atoms with E-state index in [0.29, 0.717) is 12.4 Å². The minimum atomic E-state index is -1.02. The maximum atomic E-state index is 11.9. The number of hydrogen-bond acceptors (Lipinski definition) is 8. The summed E-state index contributed by atoms with van der Waals surface area (Å²) in [5, 5.41) is 17.5. The number of rotatable bonds is 7. The van der Waals surface area contributed by atoms with Gasteiger partial charge in [-0.15, -0.1) is 0 Å². The number of ketones is 2. The van der Waals surface area contributed by atoms with E-state index in [0.717, 1.165) is 18.2 Å². The van der Waals surface area contributed by atoms with Crippen LogP contribution in [0.2, 0.25) is 0 Å². The van der Waals surface area contributed by atoms with Crippen LogP contribution in [-0.2, 0) is 0 Å². The molecule has 0 saturated carbocycles. The van der Waals surface area contributed by atoms with Crippen molar-refractivity contribution in [2.75, 3.05) is 0 Å². The molecule has 1 aromatic carbocycles. The average Bonchev–Trinajstić information content (AvgIpc) is 2.53. The van der Waals surface area contributed by atoms with Gasteiger partial charge in [0.2, 0.25) is 11.6 Å². The summed E-state index contributed by atoms with van der Waals surface area (Å²) >= 11 is 0. The maximum absolute atomic E-state index is 11.9. The third-order valence-corrected chi connectivity index (χ3v) is 2.46. The summed E-state index contributed by atoms with van der Waals surface area (Å²) in [6.45, 7) is 0. The summed E-state index contributed by atoms with van der Waals surface area (Å²) < 4.78 is 0. The minimum Gasteiger partial charge on any atom is -0.350 e. The van der Waals surface area contributed by atoms with Gasteiger partial charge >= 0.3 is 12.1 Å². The second-order valence-electron chi connectivity index (χ2n) is 4.19. The van der Waals surface area contributed by atoms with Crippen LogP contribution in [0.5, 0.6) is 0 Å². The number of nitro benzene ring substituents is 1. The van der Waals surface area contributed by atoms with E-state index < -0.39 is 34.2 Å². The number of Topliss-reactive ketones (excluding diaryl/α,β-unsaturated/α-hetero) is 2. The molecule has 25 heavy (non-hydrogen) atoms. The number of hydrazone groups is 2. The first-order valence-corrected chi connectivity index (χ1v) is 6.26. The van der Waals surface area contributed by atoms with E-state index >= 15 is 0 Å². The summed E-state index contributed by atoms with van der Waals surface area (Å²) in [4.78, 5) is 54.7. The molecule has 130 valence electrons. The highest BCUT2D eigenvalue weighted by Crippen LogP contribution is 2.20. The molecule has 6 N–H and O–H groups in total. The first kappa shape index (κ1) is 18.9. The third kappa shape index (κ3) is 5.85. The predicted molar refractivity (Wildman–Crippen MR) is 84.2 cm³/mol. The lowest BCUT2D eigenvalue weighted by atomic mass is 10.0. The van der Waals surface area contributed by atoms with Crippen molar-refractivity contribution in [2.45, 2.75) is 0 Å². The van der Waals surface area contributed by atoms with Crippen LogP contribution in [-0.4, -0.2) is 41.0 Å². The third-order valence-electron chi connectivity index (χ3n) is 2.46. The van der Waals surface area contributed by atoms with Gasteiger partial charge in [-0.1, -0.05) is 0 Å². The molecule has 0 unspecified atom stereocenters. The van der Waals surface area contributed by atoms with Crippen LogP contribution in [0.15, 0.2) is 28.4 Å². The van der Waals surface area contributed by atoms with Gasteiger partial charge in [0.25, 0.3) is 5.69 Å². The highest BCUT2D eigenvalue weighted by atomic mass is 16.6. The quantitative estimate of drug-likeness (QED) is 0.215. The van der Waals surface area contributed by atoms with Gasteiger partial charge in [0.1, 0.15) is 5.56 Å². The Morgan fingerprint density at radius 1 is 1.00 bits per heavy atom. The van der Waals surface area contributed by atoms with E-state index in [1.54, 1.807) is 10.9 Å². The van der Waals surface area contributed by atoms with E-state index in [1.165, 1.54) is 0 Å². The Labute approximate surface area is 138 Å². The molecule has 0 saturated heterocycles. The van der Waals surface area contributed by atoms with Crippen molar-refractivity contribution in [1.29, 1.82) is 0 Å². The van der Waals surface area contributed by atoms with Crippen molar-refractivity contribution in [3.05, 3.63) is 39.4 Å². The van der Waals surface area contributed by atoms with Crippen molar-refractivity contribution in [1.82, 2.24) is 10.9 Å². The number of benzene rings is 1. The number of nitro groups is 1. The normalized spacial score (nSPS) is 10.6. The summed E-state index contributed by atoms with van der Waals surface area (Å²) in [5.41, 5.74) is 11.8. The van der Waals surface area contributed by atoms with Gasteiger partial charge < -0.3 is 11.5 Å². The molecule has 1 aromatic rings. The fourth-order valence-electron chi connectivity index (χ4n) is 1.50. The zero-order valence-corrected chi connectivity index (χ0v) is 12.3. The molecular weight excluding hydrogens is 338 g/mol. The number of nitrogens with one attached hydrogen (secondary N) is 2. The van der Waals surface area contributed by atoms with E-state index in [-0.39, 0.29) is 11.1 Å². The Bertz CT molecular complexity index is 801. The molecule has 13 heteroatoms. The molecule has 0 bridgehead atoms. The van der Waals surface area contributed by atoms with Crippen molar-refractivity contribution in [3.63, 3.8) is 0 Å². The topological polar surface area (TPSA) is 212 Å². The van der Waals surface area contributed by atoms with Crippen molar-refractivity contribution in [3.8, 4) is 0 Å². The van der Waals surface area contributed by atoms with Crippen LogP contribution in [0, 0.1) is 10.1 Å². The molecule has 13 nitrogen and oxygen atoms in total. The number of amides is 4. The number of nitrogens with zero attached hydrogens (tertiary/aromatic N) is 3. The molecule has 0 aliphatic heterocycles. The van der Waals surface area contributed by atoms with E-state index in [1.807, 2.05) is 0 Å². The molecular formula is C12H11N7O6. The van der Waals surface area contributed by atoms with Gasteiger partial charge in [-0.25, -0.2) is 20.4 Å². The highest BCUT2D eigenvalue weighted by molar-refractivity contribution is 6.38. The number of urea groups is 2. The molecule has 4 amide bonds. The van der Waals surface area contributed by atoms with Crippen LogP contribution in [0.1, 0.15) is 20.7 Å². The largest absolute Gasteiger partial charge is 0.350 e. The molecule has 1 rings (SSSR count).